The molecule has 218 valence electrons. The number of benzene rings is 1. The summed E-state index contributed by atoms with van der Waals surface area (Å²) in [4.78, 5) is 55.1. The van der Waals surface area contributed by atoms with Gasteiger partial charge in [0.05, 0.1) is 33.9 Å². The van der Waals surface area contributed by atoms with Crippen molar-refractivity contribution >= 4 is 24.1 Å². The molecule has 1 N–H and O–H groups in total. The first-order valence-corrected chi connectivity index (χ1v) is 13.3. The van der Waals surface area contributed by atoms with Crippen molar-refractivity contribution in [3.05, 3.63) is 35.4 Å². The van der Waals surface area contributed by atoms with Crippen LogP contribution in [0.25, 0.3) is 0 Å². The van der Waals surface area contributed by atoms with Crippen LogP contribution < -0.4 is 14.8 Å². The van der Waals surface area contributed by atoms with E-state index >= 15 is 0 Å². The molecule has 1 aromatic rings. The lowest BCUT2D eigenvalue weighted by Crippen LogP contribution is -2.57. The first-order chi connectivity index (χ1) is 19.0. The average Bonchev–Trinajstić information content (AvgIpc) is 3.54. The fourth-order valence-corrected chi connectivity index (χ4v) is 5.08. The summed E-state index contributed by atoms with van der Waals surface area (Å²) in [6.07, 6.45) is 2.05. The van der Waals surface area contributed by atoms with Crippen LogP contribution in [0.15, 0.2) is 24.3 Å². The fourth-order valence-electron chi connectivity index (χ4n) is 5.08. The van der Waals surface area contributed by atoms with E-state index in [9.17, 15) is 19.2 Å². The molecule has 3 heterocycles. The molecule has 0 radical (unpaired) electrons. The van der Waals surface area contributed by atoms with Crippen molar-refractivity contribution in [3.8, 4) is 11.5 Å². The number of fused-ring (bicyclic) bond motifs is 3. The third-order valence-electron chi connectivity index (χ3n) is 7.18. The maximum absolute atomic E-state index is 13.7. The second-order valence-electron chi connectivity index (χ2n) is 11.0. The summed E-state index contributed by atoms with van der Waals surface area (Å²) < 4.78 is 27.5. The van der Waals surface area contributed by atoms with Crippen LogP contribution in [-0.2, 0) is 36.9 Å². The number of amides is 3. The molecule has 0 aromatic heterocycles. The molecule has 3 aliphatic heterocycles. The van der Waals surface area contributed by atoms with E-state index in [2.05, 4.69) is 5.32 Å². The number of alkyl carbamates (subject to hydrolysis) is 1. The van der Waals surface area contributed by atoms with Crippen LogP contribution in [0, 0.1) is 5.41 Å². The molecule has 3 amide bonds. The summed E-state index contributed by atoms with van der Waals surface area (Å²) in [5, 5.41) is 2.65. The summed E-state index contributed by atoms with van der Waals surface area (Å²) in [7, 11) is 2.78. The van der Waals surface area contributed by atoms with Crippen molar-refractivity contribution in [2.75, 3.05) is 34.0 Å². The monoisotopic (exact) mass is 559 g/mol. The van der Waals surface area contributed by atoms with Crippen LogP contribution in [0.4, 0.5) is 9.59 Å². The predicted octanol–water partition coefficient (Wildman–Crippen LogP) is 2.77. The van der Waals surface area contributed by atoms with Crippen LogP contribution in [0.2, 0.25) is 0 Å². The Hall–Kier alpha value is -3.96. The Balaban J connectivity index is 1.63. The van der Waals surface area contributed by atoms with Gasteiger partial charge in [0.1, 0.15) is 24.8 Å². The molecule has 3 atom stereocenters. The van der Waals surface area contributed by atoms with E-state index in [0.29, 0.717) is 24.5 Å². The first-order valence-electron chi connectivity index (χ1n) is 13.3. The minimum Gasteiger partial charge on any atom is -0.493 e. The molecule has 12 nitrogen and oxygen atoms in total. The SMILES string of the molecule is COC(=O)C1C[C@@H]2CN1C(=O)[C@H](C(C)(C)C)NC(=O)OCCC=CCOc1c(OC)ccc3c1CN(C3)C(=O)O2. The topological polar surface area (TPSA) is 133 Å². The Kier molecular flexibility index (Phi) is 8.75. The Bertz CT molecular complexity index is 1180. The van der Waals surface area contributed by atoms with Crippen molar-refractivity contribution in [1.29, 1.82) is 0 Å². The highest BCUT2D eigenvalue weighted by molar-refractivity contribution is 5.91. The predicted molar refractivity (Wildman–Crippen MR) is 142 cm³/mol. The Morgan fingerprint density at radius 2 is 1.85 bits per heavy atom. The quantitative estimate of drug-likeness (QED) is 0.330. The third kappa shape index (κ3) is 6.26. The number of hydrogen-bond acceptors (Lipinski definition) is 9. The van der Waals surface area contributed by atoms with Crippen LogP contribution >= 0.6 is 0 Å². The number of rotatable bonds is 2. The maximum atomic E-state index is 13.7. The van der Waals surface area contributed by atoms with Gasteiger partial charge >= 0.3 is 18.2 Å². The van der Waals surface area contributed by atoms with E-state index in [4.69, 9.17) is 23.7 Å². The van der Waals surface area contributed by atoms with Gasteiger partial charge in [0.2, 0.25) is 5.91 Å². The van der Waals surface area contributed by atoms with E-state index in [1.807, 2.05) is 12.1 Å². The number of ether oxygens (including phenoxy) is 5. The van der Waals surface area contributed by atoms with Gasteiger partial charge in [-0.15, -0.1) is 0 Å². The molecule has 1 fully saturated rings. The van der Waals surface area contributed by atoms with Gasteiger partial charge < -0.3 is 33.9 Å². The van der Waals surface area contributed by atoms with E-state index in [1.54, 1.807) is 40.0 Å². The molecule has 3 aliphatic rings. The zero-order chi connectivity index (χ0) is 29.0. The minimum absolute atomic E-state index is 0.0264. The lowest BCUT2D eigenvalue weighted by Gasteiger charge is -2.34. The Morgan fingerprint density at radius 3 is 2.55 bits per heavy atom. The third-order valence-corrected chi connectivity index (χ3v) is 7.18. The number of cyclic esters (lactones) is 1. The number of nitrogens with one attached hydrogen (secondary N) is 1. The molecular formula is C28H37N3O9. The molecule has 0 saturated carbocycles. The molecule has 1 saturated heterocycles. The van der Waals surface area contributed by atoms with Gasteiger partial charge in [0.25, 0.3) is 0 Å². The van der Waals surface area contributed by atoms with Gasteiger partial charge in [0, 0.05) is 18.5 Å². The van der Waals surface area contributed by atoms with Gasteiger partial charge in [-0.3, -0.25) is 9.69 Å². The normalized spacial score (nSPS) is 24.0. The molecule has 1 aromatic carbocycles. The average molecular weight is 560 g/mol. The minimum atomic E-state index is -1.00. The summed E-state index contributed by atoms with van der Waals surface area (Å²) >= 11 is 0. The number of esters is 1. The standard InChI is InChI=1S/C28H37N3O9/c1-28(2,3)23-24(32)31-15-18(13-20(31)25(33)37-5)40-27(35)30-14-17-9-10-21(36-4)22(19(17)16-30)38-11-7-6-8-12-39-26(34)29-23/h6-7,9-10,18,20,23H,8,11-16H2,1-5H3,(H,29,34)/t18-,20?,23-/m1/s1. The number of nitrogens with zero attached hydrogens (tertiary/aromatic N) is 2. The largest absolute Gasteiger partial charge is 0.493 e. The van der Waals surface area contributed by atoms with Crippen LogP contribution in [0.1, 0.15) is 44.7 Å². The second kappa shape index (κ2) is 12.1. The van der Waals surface area contributed by atoms with Gasteiger partial charge in [-0.1, -0.05) is 39.0 Å². The summed E-state index contributed by atoms with van der Waals surface area (Å²) in [6, 6.07) is 1.70. The molecule has 4 bridgehead atoms. The second-order valence-corrected chi connectivity index (χ2v) is 11.0. The van der Waals surface area contributed by atoms with E-state index in [0.717, 1.165) is 11.1 Å². The molecule has 12 heteroatoms. The zero-order valence-electron chi connectivity index (χ0n) is 23.6. The highest BCUT2D eigenvalue weighted by Gasteiger charge is 2.47. The molecule has 4 rings (SSSR count). The van der Waals surface area contributed by atoms with Gasteiger partial charge in [-0.25, -0.2) is 14.4 Å². The number of carbonyl (C=O) groups excluding carboxylic acids is 4. The van der Waals surface area contributed by atoms with Crippen molar-refractivity contribution < 1.29 is 42.9 Å². The van der Waals surface area contributed by atoms with E-state index in [1.165, 1.54) is 16.9 Å². The highest BCUT2D eigenvalue weighted by atomic mass is 16.6. The maximum Gasteiger partial charge on any atom is 0.410 e. The van der Waals surface area contributed by atoms with Crippen molar-refractivity contribution in [1.82, 2.24) is 15.1 Å². The summed E-state index contributed by atoms with van der Waals surface area (Å²) in [6.45, 7) is 6.28. The Morgan fingerprint density at radius 1 is 1.07 bits per heavy atom. The molecule has 0 aliphatic carbocycles. The molecule has 1 unspecified atom stereocenters. The van der Waals surface area contributed by atoms with E-state index < -0.39 is 47.7 Å². The van der Waals surface area contributed by atoms with Crippen LogP contribution in [0.5, 0.6) is 11.5 Å². The summed E-state index contributed by atoms with van der Waals surface area (Å²) in [5.41, 5.74) is 1.02. The molecular weight excluding hydrogens is 522 g/mol. The van der Waals surface area contributed by atoms with Crippen LogP contribution in [0.3, 0.4) is 0 Å². The fraction of sp³-hybridized carbons (Fsp3) is 0.571. The number of hydrogen-bond donors (Lipinski definition) is 1. The smallest absolute Gasteiger partial charge is 0.410 e. The van der Waals surface area contributed by atoms with E-state index in [-0.39, 0.29) is 32.7 Å². The lowest BCUT2D eigenvalue weighted by atomic mass is 9.85. The first kappa shape index (κ1) is 29.0. The highest BCUT2D eigenvalue weighted by Crippen LogP contribution is 2.39. The summed E-state index contributed by atoms with van der Waals surface area (Å²) in [5.74, 6) is -0.0321. The van der Waals surface area contributed by atoms with Crippen molar-refractivity contribution in [2.45, 2.75) is 64.9 Å². The number of methoxy groups -OCH3 is 2. The Labute approximate surface area is 233 Å². The van der Waals surface area contributed by atoms with Crippen LogP contribution in [-0.4, -0.2) is 86.0 Å². The zero-order valence-corrected chi connectivity index (χ0v) is 23.6. The van der Waals surface area contributed by atoms with Gasteiger partial charge in [0.15, 0.2) is 11.5 Å². The van der Waals surface area contributed by atoms with Crippen molar-refractivity contribution in [3.63, 3.8) is 0 Å². The van der Waals surface area contributed by atoms with Gasteiger partial charge in [-0.2, -0.15) is 0 Å². The number of carbonyl (C=O) groups is 4. The molecule has 40 heavy (non-hydrogen) atoms. The lowest BCUT2D eigenvalue weighted by molar-refractivity contribution is -0.152. The van der Waals surface area contributed by atoms with Crippen molar-refractivity contribution in [2.24, 2.45) is 5.41 Å². The molecule has 0 spiro atoms. The van der Waals surface area contributed by atoms with Gasteiger partial charge in [-0.05, 0) is 23.5 Å².